The SMILES string of the molecule is CNC1CCCN(C(=O)CSCC(=O)N(C)C2CCCCC2)C1. The van der Waals surface area contributed by atoms with Crippen LogP contribution in [0.2, 0.25) is 0 Å². The summed E-state index contributed by atoms with van der Waals surface area (Å²) in [6, 6.07) is 0.822. The fourth-order valence-corrected chi connectivity index (χ4v) is 4.37. The van der Waals surface area contributed by atoms with E-state index in [0.29, 0.717) is 23.6 Å². The van der Waals surface area contributed by atoms with Gasteiger partial charge in [-0.3, -0.25) is 9.59 Å². The molecule has 0 radical (unpaired) electrons. The van der Waals surface area contributed by atoms with Crippen LogP contribution in [0.15, 0.2) is 0 Å². The molecule has 1 aliphatic heterocycles. The first kappa shape index (κ1) is 18.6. The summed E-state index contributed by atoms with van der Waals surface area (Å²) in [5.41, 5.74) is 0. The number of thioether (sulfide) groups is 1. The second-order valence-electron chi connectivity index (χ2n) is 6.76. The normalized spacial score (nSPS) is 22.9. The Morgan fingerprint density at radius 2 is 1.87 bits per heavy atom. The summed E-state index contributed by atoms with van der Waals surface area (Å²) in [7, 11) is 3.87. The predicted octanol–water partition coefficient (Wildman–Crippen LogP) is 1.72. The van der Waals surface area contributed by atoms with Crippen LogP contribution in [0.1, 0.15) is 44.9 Å². The van der Waals surface area contributed by atoms with E-state index < -0.39 is 0 Å². The molecular weight excluding hydrogens is 310 g/mol. The number of nitrogens with one attached hydrogen (secondary N) is 1. The number of piperidine rings is 1. The Hall–Kier alpha value is -0.750. The molecule has 5 nitrogen and oxygen atoms in total. The molecule has 1 atom stereocenters. The zero-order valence-corrected chi connectivity index (χ0v) is 15.4. The van der Waals surface area contributed by atoms with Crippen molar-refractivity contribution in [3.05, 3.63) is 0 Å². The summed E-state index contributed by atoms with van der Waals surface area (Å²) in [5, 5.41) is 3.25. The third-order valence-electron chi connectivity index (χ3n) is 5.15. The number of likely N-dealkylation sites (tertiary alicyclic amines) is 1. The van der Waals surface area contributed by atoms with Gasteiger partial charge in [-0.1, -0.05) is 19.3 Å². The fourth-order valence-electron chi connectivity index (χ4n) is 3.53. The van der Waals surface area contributed by atoms with Crippen LogP contribution in [0.25, 0.3) is 0 Å². The minimum atomic E-state index is 0.168. The van der Waals surface area contributed by atoms with Gasteiger partial charge in [-0.05, 0) is 32.7 Å². The highest BCUT2D eigenvalue weighted by Gasteiger charge is 2.24. The third kappa shape index (κ3) is 5.68. The summed E-state index contributed by atoms with van der Waals surface area (Å²) in [5.74, 6) is 1.17. The maximum Gasteiger partial charge on any atom is 0.232 e. The monoisotopic (exact) mass is 341 g/mol. The first-order valence-electron chi connectivity index (χ1n) is 8.90. The van der Waals surface area contributed by atoms with E-state index in [1.165, 1.54) is 31.0 Å². The van der Waals surface area contributed by atoms with Crippen LogP contribution in [0.3, 0.4) is 0 Å². The van der Waals surface area contributed by atoms with Gasteiger partial charge in [0, 0.05) is 32.2 Å². The Kier molecular flexibility index (Phi) is 7.70. The van der Waals surface area contributed by atoms with Crippen molar-refractivity contribution in [2.75, 3.05) is 38.7 Å². The average Bonchev–Trinajstić information content (AvgIpc) is 2.61. The van der Waals surface area contributed by atoms with Crippen LogP contribution in [0.4, 0.5) is 0 Å². The maximum atomic E-state index is 12.3. The molecule has 1 heterocycles. The Bertz CT molecular complexity index is 385. The smallest absolute Gasteiger partial charge is 0.232 e. The molecule has 1 unspecified atom stereocenters. The number of hydrogen-bond acceptors (Lipinski definition) is 4. The van der Waals surface area contributed by atoms with Crippen molar-refractivity contribution < 1.29 is 9.59 Å². The molecule has 6 heteroatoms. The molecule has 0 aromatic heterocycles. The quantitative estimate of drug-likeness (QED) is 0.799. The summed E-state index contributed by atoms with van der Waals surface area (Å²) in [4.78, 5) is 28.4. The Labute approximate surface area is 144 Å². The lowest BCUT2D eigenvalue weighted by molar-refractivity contribution is -0.129. The summed E-state index contributed by atoms with van der Waals surface area (Å²) < 4.78 is 0. The number of carbonyl (C=O) groups is 2. The van der Waals surface area contributed by atoms with Gasteiger partial charge in [-0.15, -0.1) is 11.8 Å². The highest BCUT2D eigenvalue weighted by Crippen LogP contribution is 2.22. The molecule has 1 saturated heterocycles. The molecule has 2 aliphatic rings. The molecule has 1 saturated carbocycles. The highest BCUT2D eigenvalue weighted by atomic mass is 32.2. The lowest BCUT2D eigenvalue weighted by Crippen LogP contribution is -2.47. The van der Waals surface area contributed by atoms with Crippen LogP contribution in [0, 0.1) is 0 Å². The van der Waals surface area contributed by atoms with Crippen molar-refractivity contribution in [3.63, 3.8) is 0 Å². The number of hydrogen-bond donors (Lipinski definition) is 1. The Morgan fingerprint density at radius 1 is 1.13 bits per heavy atom. The molecule has 0 bridgehead atoms. The molecule has 23 heavy (non-hydrogen) atoms. The number of nitrogens with zero attached hydrogens (tertiary/aromatic N) is 2. The largest absolute Gasteiger partial charge is 0.342 e. The first-order valence-corrected chi connectivity index (χ1v) is 10.1. The molecule has 0 spiro atoms. The molecule has 2 fully saturated rings. The minimum Gasteiger partial charge on any atom is -0.342 e. The van der Waals surface area contributed by atoms with Crippen molar-refractivity contribution in [2.45, 2.75) is 57.0 Å². The van der Waals surface area contributed by atoms with Gasteiger partial charge in [0.1, 0.15) is 0 Å². The molecule has 1 N–H and O–H groups in total. The van der Waals surface area contributed by atoms with Crippen molar-refractivity contribution in [2.24, 2.45) is 0 Å². The maximum absolute atomic E-state index is 12.3. The zero-order chi connectivity index (χ0) is 16.7. The number of likely N-dealkylation sites (N-methyl/N-ethyl adjacent to an activating group) is 1. The molecule has 0 aromatic carbocycles. The van der Waals surface area contributed by atoms with Crippen LogP contribution >= 0.6 is 11.8 Å². The molecule has 2 rings (SSSR count). The van der Waals surface area contributed by atoms with E-state index >= 15 is 0 Å². The van der Waals surface area contributed by atoms with Crippen LogP contribution in [-0.4, -0.2) is 72.4 Å². The lowest BCUT2D eigenvalue weighted by Gasteiger charge is -2.33. The van der Waals surface area contributed by atoms with Gasteiger partial charge < -0.3 is 15.1 Å². The third-order valence-corrected chi connectivity index (χ3v) is 6.05. The van der Waals surface area contributed by atoms with Crippen molar-refractivity contribution in [3.8, 4) is 0 Å². The molecule has 0 aromatic rings. The van der Waals surface area contributed by atoms with Crippen LogP contribution < -0.4 is 5.32 Å². The Balaban J connectivity index is 1.67. The standard InChI is InChI=1S/C17H31N3O2S/c1-18-14-7-6-10-20(11-14)17(22)13-23-12-16(21)19(2)15-8-4-3-5-9-15/h14-15,18H,3-13H2,1-2H3. The van der Waals surface area contributed by atoms with E-state index in [4.69, 9.17) is 0 Å². The zero-order valence-electron chi connectivity index (χ0n) is 14.6. The van der Waals surface area contributed by atoms with Gasteiger partial charge >= 0.3 is 0 Å². The summed E-state index contributed by atoms with van der Waals surface area (Å²) in [6.45, 7) is 1.65. The van der Waals surface area contributed by atoms with E-state index in [9.17, 15) is 9.59 Å². The van der Waals surface area contributed by atoms with E-state index in [-0.39, 0.29) is 11.8 Å². The van der Waals surface area contributed by atoms with Crippen LogP contribution in [0.5, 0.6) is 0 Å². The van der Waals surface area contributed by atoms with Crippen LogP contribution in [-0.2, 0) is 9.59 Å². The molecular formula is C17H31N3O2S. The van der Waals surface area contributed by atoms with Gasteiger partial charge in [-0.25, -0.2) is 0 Å². The number of rotatable bonds is 6. The first-order chi connectivity index (χ1) is 11.1. The van der Waals surface area contributed by atoms with Gasteiger partial charge in [0.25, 0.3) is 0 Å². The van der Waals surface area contributed by atoms with Gasteiger partial charge in [0.05, 0.1) is 11.5 Å². The van der Waals surface area contributed by atoms with Gasteiger partial charge in [0.2, 0.25) is 11.8 Å². The second-order valence-corrected chi connectivity index (χ2v) is 7.74. The molecule has 132 valence electrons. The molecule has 1 aliphatic carbocycles. The minimum absolute atomic E-state index is 0.168. The van der Waals surface area contributed by atoms with E-state index in [1.54, 1.807) is 0 Å². The topological polar surface area (TPSA) is 52.7 Å². The fraction of sp³-hybridized carbons (Fsp3) is 0.882. The number of carbonyl (C=O) groups excluding carboxylic acids is 2. The highest BCUT2D eigenvalue weighted by molar-refractivity contribution is 8.00. The average molecular weight is 342 g/mol. The summed E-state index contributed by atoms with van der Waals surface area (Å²) in [6.07, 6.45) is 8.22. The lowest BCUT2D eigenvalue weighted by atomic mass is 9.94. The Morgan fingerprint density at radius 3 is 2.57 bits per heavy atom. The summed E-state index contributed by atoms with van der Waals surface area (Å²) >= 11 is 1.46. The van der Waals surface area contributed by atoms with Crippen molar-refractivity contribution >= 4 is 23.6 Å². The van der Waals surface area contributed by atoms with Gasteiger partial charge in [0.15, 0.2) is 0 Å². The molecule has 2 amide bonds. The van der Waals surface area contributed by atoms with Gasteiger partial charge in [-0.2, -0.15) is 0 Å². The predicted molar refractivity (Wildman–Crippen MR) is 95.6 cm³/mol. The van der Waals surface area contributed by atoms with Crippen molar-refractivity contribution in [1.29, 1.82) is 0 Å². The van der Waals surface area contributed by atoms with Crippen molar-refractivity contribution in [1.82, 2.24) is 15.1 Å². The van der Waals surface area contributed by atoms with E-state index in [1.807, 2.05) is 23.9 Å². The van der Waals surface area contributed by atoms with E-state index in [0.717, 1.165) is 38.8 Å². The second kappa shape index (κ2) is 9.52. The number of amides is 2. The van der Waals surface area contributed by atoms with E-state index in [2.05, 4.69) is 5.32 Å².